The van der Waals surface area contributed by atoms with Crippen LogP contribution < -0.4 is 14.3 Å². The third kappa shape index (κ3) is 4.62. The van der Waals surface area contributed by atoms with Gasteiger partial charge in [0.1, 0.15) is 0 Å². The molecule has 2 aromatic carbocycles. The maximum absolute atomic E-state index is 12.5. The van der Waals surface area contributed by atoms with Crippen molar-refractivity contribution in [3.63, 3.8) is 0 Å². The smallest absolute Gasteiger partial charge is 0.276 e. The summed E-state index contributed by atoms with van der Waals surface area (Å²) < 4.78 is 35.5. The topological polar surface area (TPSA) is 106 Å². The average molecular weight is 429 g/mol. The molecule has 0 saturated heterocycles. The number of hydrazone groups is 1. The van der Waals surface area contributed by atoms with Gasteiger partial charge in [0.25, 0.3) is 10.0 Å². The van der Waals surface area contributed by atoms with Gasteiger partial charge in [0.2, 0.25) is 0 Å². The molecule has 0 saturated carbocycles. The van der Waals surface area contributed by atoms with Gasteiger partial charge in [-0.3, -0.25) is 5.10 Å². The number of nitrogens with zero attached hydrogens (tertiary/aromatic N) is 2. The number of H-pyrrole nitrogens is 1. The van der Waals surface area contributed by atoms with Crippen molar-refractivity contribution < 1.29 is 17.9 Å². The molecule has 1 heterocycles. The summed E-state index contributed by atoms with van der Waals surface area (Å²) in [6.07, 6.45) is 2.96. The minimum atomic E-state index is -3.77. The second-order valence-electron chi connectivity index (χ2n) is 6.85. The predicted octanol–water partition coefficient (Wildman–Crippen LogP) is 3.53. The molecule has 30 heavy (non-hydrogen) atoms. The van der Waals surface area contributed by atoms with Gasteiger partial charge >= 0.3 is 0 Å². The van der Waals surface area contributed by atoms with E-state index in [1.807, 2.05) is 19.9 Å². The van der Waals surface area contributed by atoms with Crippen molar-refractivity contribution in [1.29, 1.82) is 0 Å². The Bertz CT molecular complexity index is 1140. The predicted molar refractivity (Wildman–Crippen MR) is 116 cm³/mol. The zero-order chi connectivity index (χ0) is 21.7. The first kappa shape index (κ1) is 21.4. The number of nitrogens with one attached hydrogen (secondary N) is 2. The van der Waals surface area contributed by atoms with E-state index < -0.39 is 10.0 Å². The van der Waals surface area contributed by atoms with E-state index in [-0.39, 0.29) is 4.90 Å². The zero-order valence-corrected chi connectivity index (χ0v) is 18.0. The molecule has 9 heteroatoms. The maximum atomic E-state index is 12.5. The van der Waals surface area contributed by atoms with Gasteiger partial charge in [-0.05, 0) is 41.8 Å². The van der Waals surface area contributed by atoms with Gasteiger partial charge in [-0.25, -0.2) is 4.83 Å². The van der Waals surface area contributed by atoms with Crippen molar-refractivity contribution in [2.24, 2.45) is 5.10 Å². The van der Waals surface area contributed by atoms with Gasteiger partial charge in [0, 0.05) is 11.1 Å². The Morgan fingerprint density at radius 1 is 1.07 bits per heavy atom. The fraction of sp³-hybridized carbons (Fsp3) is 0.238. The molecule has 0 aliphatic heterocycles. The number of aromatic amines is 1. The lowest BCUT2D eigenvalue weighted by Gasteiger charge is -2.09. The van der Waals surface area contributed by atoms with Gasteiger partial charge in [-0.2, -0.15) is 18.6 Å². The van der Waals surface area contributed by atoms with Crippen molar-refractivity contribution in [3.05, 3.63) is 59.8 Å². The minimum absolute atomic E-state index is 0.149. The van der Waals surface area contributed by atoms with Gasteiger partial charge in [-0.15, -0.1) is 0 Å². The molecule has 0 spiro atoms. The summed E-state index contributed by atoms with van der Waals surface area (Å²) in [6, 6.07) is 12.2. The van der Waals surface area contributed by atoms with Crippen LogP contribution in [-0.2, 0) is 10.0 Å². The number of hydrogen-bond donors (Lipinski definition) is 2. The number of hydrogen-bond acceptors (Lipinski definition) is 6. The molecule has 0 aliphatic rings. The maximum Gasteiger partial charge on any atom is 0.276 e. The lowest BCUT2D eigenvalue weighted by Crippen LogP contribution is -2.18. The van der Waals surface area contributed by atoms with Crippen LogP contribution >= 0.6 is 0 Å². The molecule has 0 atom stereocenters. The molecule has 2 N–H and O–H groups in total. The molecule has 0 bridgehead atoms. The molecule has 158 valence electrons. The normalized spacial score (nSPS) is 11.8. The molecular formula is C21H24N4O4S. The molecule has 8 nitrogen and oxygen atoms in total. The van der Waals surface area contributed by atoms with Crippen LogP contribution in [0, 0.1) is 0 Å². The van der Waals surface area contributed by atoms with E-state index in [1.165, 1.54) is 6.21 Å². The summed E-state index contributed by atoms with van der Waals surface area (Å²) in [6.45, 7) is 4.10. The summed E-state index contributed by atoms with van der Waals surface area (Å²) in [5.74, 6) is 1.49. The van der Waals surface area contributed by atoms with E-state index in [1.54, 1.807) is 56.8 Å². The van der Waals surface area contributed by atoms with Gasteiger partial charge in [0.15, 0.2) is 11.5 Å². The summed E-state index contributed by atoms with van der Waals surface area (Å²) in [7, 11) is -0.649. The van der Waals surface area contributed by atoms with Crippen LogP contribution in [0.2, 0.25) is 0 Å². The number of methoxy groups -OCH3 is 2. The number of benzene rings is 2. The average Bonchev–Trinajstić information content (AvgIpc) is 3.21. The summed E-state index contributed by atoms with van der Waals surface area (Å²) in [5.41, 5.74) is 3.13. The highest BCUT2D eigenvalue weighted by Gasteiger charge is 2.14. The first-order chi connectivity index (χ1) is 14.4. The highest BCUT2D eigenvalue weighted by atomic mass is 32.2. The number of aromatic nitrogens is 2. The standard InChI is InChI=1S/C21H24N4O4S/c1-14(2)15-5-8-18(9-6-15)30(26,27)25-23-13-17-12-22-24-21(17)16-7-10-19(28-3)20(11-16)29-4/h5-14,25H,1-4H3,(H,22,24). The van der Waals surface area contributed by atoms with Crippen LogP contribution in [0.1, 0.15) is 30.9 Å². The van der Waals surface area contributed by atoms with E-state index in [0.29, 0.717) is 28.7 Å². The van der Waals surface area contributed by atoms with Crippen LogP contribution in [0.3, 0.4) is 0 Å². The van der Waals surface area contributed by atoms with E-state index in [9.17, 15) is 8.42 Å². The van der Waals surface area contributed by atoms with Crippen molar-refractivity contribution in [2.75, 3.05) is 14.2 Å². The summed E-state index contributed by atoms with van der Waals surface area (Å²) in [4.78, 5) is 2.39. The van der Waals surface area contributed by atoms with E-state index in [4.69, 9.17) is 9.47 Å². The molecule has 0 unspecified atom stereocenters. The molecular weight excluding hydrogens is 404 g/mol. The molecule has 1 aromatic heterocycles. The molecule has 3 rings (SSSR count). The number of sulfonamides is 1. The van der Waals surface area contributed by atoms with E-state index >= 15 is 0 Å². The first-order valence-electron chi connectivity index (χ1n) is 9.26. The molecule has 0 aliphatic carbocycles. The van der Waals surface area contributed by atoms with Crippen LogP contribution in [0.4, 0.5) is 0 Å². The first-order valence-corrected chi connectivity index (χ1v) is 10.7. The number of rotatable bonds is 8. The SMILES string of the molecule is COc1ccc(-c2[nH]ncc2C=NNS(=O)(=O)c2ccc(C(C)C)cc2)cc1OC. The Labute approximate surface area is 176 Å². The quantitative estimate of drug-likeness (QED) is 0.422. The second kappa shape index (κ2) is 9.00. The van der Waals surface area contributed by atoms with E-state index in [0.717, 1.165) is 11.1 Å². The second-order valence-corrected chi connectivity index (χ2v) is 8.51. The Kier molecular flexibility index (Phi) is 6.41. The van der Waals surface area contributed by atoms with Gasteiger partial charge in [-0.1, -0.05) is 26.0 Å². The van der Waals surface area contributed by atoms with Crippen molar-refractivity contribution in [3.8, 4) is 22.8 Å². The fourth-order valence-electron chi connectivity index (χ4n) is 2.87. The third-order valence-electron chi connectivity index (χ3n) is 4.57. The largest absolute Gasteiger partial charge is 0.493 e. The van der Waals surface area contributed by atoms with Gasteiger partial charge < -0.3 is 9.47 Å². The van der Waals surface area contributed by atoms with Crippen LogP contribution in [0.15, 0.2) is 58.7 Å². The fourth-order valence-corrected chi connectivity index (χ4v) is 3.66. The Morgan fingerprint density at radius 2 is 1.77 bits per heavy atom. The monoisotopic (exact) mass is 428 g/mol. The van der Waals surface area contributed by atoms with Crippen LogP contribution in [0.25, 0.3) is 11.3 Å². The molecule has 3 aromatic rings. The molecule has 0 radical (unpaired) electrons. The van der Waals surface area contributed by atoms with Crippen LogP contribution in [0.5, 0.6) is 11.5 Å². The summed E-state index contributed by atoms with van der Waals surface area (Å²) in [5, 5.41) is 10.8. The van der Waals surface area contributed by atoms with Crippen molar-refractivity contribution in [1.82, 2.24) is 15.0 Å². The lowest BCUT2D eigenvalue weighted by molar-refractivity contribution is 0.355. The number of ether oxygens (including phenoxy) is 2. The highest BCUT2D eigenvalue weighted by molar-refractivity contribution is 7.89. The van der Waals surface area contributed by atoms with Crippen molar-refractivity contribution in [2.45, 2.75) is 24.7 Å². The minimum Gasteiger partial charge on any atom is -0.493 e. The lowest BCUT2D eigenvalue weighted by atomic mass is 10.0. The van der Waals surface area contributed by atoms with Crippen LogP contribution in [-0.4, -0.2) is 39.0 Å². The molecule has 0 amide bonds. The zero-order valence-electron chi connectivity index (χ0n) is 17.2. The highest BCUT2D eigenvalue weighted by Crippen LogP contribution is 2.32. The van der Waals surface area contributed by atoms with E-state index in [2.05, 4.69) is 20.1 Å². The molecule has 0 fully saturated rings. The Balaban J connectivity index is 1.79. The Hall–Kier alpha value is -3.33. The van der Waals surface area contributed by atoms with Crippen molar-refractivity contribution >= 4 is 16.2 Å². The summed E-state index contributed by atoms with van der Waals surface area (Å²) >= 11 is 0. The third-order valence-corrected chi connectivity index (χ3v) is 5.81. The van der Waals surface area contributed by atoms with Gasteiger partial charge in [0.05, 0.1) is 37.2 Å². The Morgan fingerprint density at radius 3 is 2.40 bits per heavy atom.